The zero-order chi connectivity index (χ0) is 12.2. The summed E-state index contributed by atoms with van der Waals surface area (Å²) in [4.78, 5) is 6.59. The Morgan fingerprint density at radius 2 is 1.78 bits per heavy atom. The van der Waals surface area contributed by atoms with E-state index in [1.54, 1.807) is 6.20 Å². The molecule has 3 rings (SSSR count). The van der Waals surface area contributed by atoms with Crippen molar-refractivity contribution in [2.45, 2.75) is 19.3 Å². The van der Waals surface area contributed by atoms with Gasteiger partial charge in [-0.15, -0.1) is 0 Å². The summed E-state index contributed by atoms with van der Waals surface area (Å²) in [7, 11) is 0. The lowest BCUT2D eigenvalue weighted by Gasteiger charge is -2.30. The second-order valence-corrected chi connectivity index (χ2v) is 4.73. The van der Waals surface area contributed by atoms with Gasteiger partial charge in [-0.05, 0) is 31.4 Å². The van der Waals surface area contributed by atoms with Gasteiger partial charge in [0.2, 0.25) is 0 Å². The molecule has 2 heteroatoms. The molecule has 0 spiro atoms. The van der Waals surface area contributed by atoms with Crippen LogP contribution in [-0.2, 0) is 0 Å². The minimum atomic E-state index is 1.08. The molecule has 1 aromatic heterocycles. The van der Waals surface area contributed by atoms with Gasteiger partial charge >= 0.3 is 0 Å². The first-order valence-corrected chi connectivity index (χ1v) is 6.62. The first-order valence-electron chi connectivity index (χ1n) is 6.62. The first-order chi connectivity index (χ1) is 8.95. The highest BCUT2D eigenvalue weighted by Gasteiger charge is 2.14. The Kier molecular flexibility index (Phi) is 3.26. The van der Waals surface area contributed by atoms with Crippen molar-refractivity contribution in [1.29, 1.82) is 0 Å². The maximum absolute atomic E-state index is 4.10. The van der Waals surface area contributed by atoms with E-state index in [4.69, 9.17) is 0 Å². The predicted molar refractivity (Wildman–Crippen MR) is 74.6 cm³/mol. The summed E-state index contributed by atoms with van der Waals surface area (Å²) in [5.41, 5.74) is 3.65. The molecule has 1 radical (unpaired) electrons. The molecule has 0 saturated carbocycles. The van der Waals surface area contributed by atoms with Crippen molar-refractivity contribution in [3.05, 3.63) is 48.8 Å². The highest BCUT2D eigenvalue weighted by atomic mass is 15.1. The van der Waals surface area contributed by atoms with Gasteiger partial charge < -0.3 is 4.90 Å². The van der Waals surface area contributed by atoms with Crippen LogP contribution >= 0.6 is 0 Å². The Bertz CT molecular complexity index is 502. The molecule has 0 aliphatic carbocycles. The molecule has 0 bridgehead atoms. The molecule has 1 aromatic carbocycles. The summed E-state index contributed by atoms with van der Waals surface area (Å²) >= 11 is 0. The number of para-hydroxylation sites is 1. The molecule has 0 unspecified atom stereocenters. The molecule has 2 heterocycles. The van der Waals surface area contributed by atoms with Crippen LogP contribution in [0.4, 0.5) is 5.69 Å². The third-order valence-electron chi connectivity index (χ3n) is 3.50. The molecule has 1 aliphatic heterocycles. The van der Waals surface area contributed by atoms with Gasteiger partial charge in [-0.25, -0.2) is 0 Å². The van der Waals surface area contributed by atoms with Crippen LogP contribution in [0.1, 0.15) is 19.3 Å². The van der Waals surface area contributed by atoms with Crippen LogP contribution in [0.2, 0.25) is 0 Å². The molecule has 0 amide bonds. The van der Waals surface area contributed by atoms with E-state index >= 15 is 0 Å². The molecule has 1 saturated heterocycles. The lowest BCUT2D eigenvalue weighted by molar-refractivity contribution is 0.578. The van der Waals surface area contributed by atoms with Gasteiger partial charge in [-0.3, -0.25) is 4.98 Å². The molecule has 1 fully saturated rings. The van der Waals surface area contributed by atoms with E-state index in [-0.39, 0.29) is 0 Å². The van der Waals surface area contributed by atoms with Crippen molar-refractivity contribution in [3.8, 4) is 11.1 Å². The van der Waals surface area contributed by atoms with E-state index in [9.17, 15) is 0 Å². The number of hydrogen-bond donors (Lipinski definition) is 0. The van der Waals surface area contributed by atoms with E-state index in [1.807, 2.05) is 6.07 Å². The Hall–Kier alpha value is -1.83. The number of piperidine rings is 1. The quantitative estimate of drug-likeness (QED) is 0.794. The minimum absolute atomic E-state index is 1.08. The molecular weight excluding hydrogens is 220 g/mol. The molecule has 18 heavy (non-hydrogen) atoms. The Morgan fingerprint density at radius 1 is 0.944 bits per heavy atom. The fourth-order valence-corrected chi connectivity index (χ4v) is 2.59. The van der Waals surface area contributed by atoms with Crippen LogP contribution < -0.4 is 4.90 Å². The fourth-order valence-electron chi connectivity index (χ4n) is 2.59. The second-order valence-electron chi connectivity index (χ2n) is 4.73. The van der Waals surface area contributed by atoms with Crippen LogP contribution in [0.3, 0.4) is 0 Å². The van der Waals surface area contributed by atoms with Crippen LogP contribution in [-0.4, -0.2) is 18.1 Å². The van der Waals surface area contributed by atoms with Crippen molar-refractivity contribution >= 4 is 5.69 Å². The molecule has 0 N–H and O–H groups in total. The summed E-state index contributed by atoms with van der Waals surface area (Å²) in [5, 5.41) is 0. The summed E-state index contributed by atoms with van der Waals surface area (Å²) < 4.78 is 0. The number of hydrogen-bond acceptors (Lipinski definition) is 2. The number of benzene rings is 1. The largest absolute Gasteiger partial charge is 0.371 e. The van der Waals surface area contributed by atoms with Crippen LogP contribution in [0.5, 0.6) is 0 Å². The van der Waals surface area contributed by atoms with Crippen LogP contribution in [0.25, 0.3) is 11.1 Å². The maximum atomic E-state index is 4.10. The number of nitrogens with zero attached hydrogens (tertiary/aromatic N) is 2. The van der Waals surface area contributed by atoms with Gasteiger partial charge in [0.1, 0.15) is 0 Å². The number of anilines is 1. The molecule has 0 atom stereocenters. The monoisotopic (exact) mass is 237 g/mol. The molecule has 91 valence electrons. The van der Waals surface area contributed by atoms with Gasteiger partial charge in [-0.2, -0.15) is 0 Å². The summed E-state index contributed by atoms with van der Waals surface area (Å²) in [6.45, 7) is 2.33. The van der Waals surface area contributed by atoms with Crippen molar-refractivity contribution in [2.24, 2.45) is 0 Å². The average Bonchev–Trinajstić information content (AvgIpc) is 2.49. The van der Waals surface area contributed by atoms with Gasteiger partial charge in [0.25, 0.3) is 0 Å². The third kappa shape index (κ3) is 2.23. The topological polar surface area (TPSA) is 16.1 Å². The highest BCUT2D eigenvalue weighted by Crippen LogP contribution is 2.31. The Labute approximate surface area is 108 Å². The fraction of sp³-hybridized carbons (Fsp3) is 0.312. The van der Waals surface area contributed by atoms with Gasteiger partial charge in [0.15, 0.2) is 0 Å². The van der Waals surface area contributed by atoms with E-state index in [0.29, 0.717) is 0 Å². The van der Waals surface area contributed by atoms with E-state index in [2.05, 4.69) is 46.4 Å². The first kappa shape index (κ1) is 11.3. The zero-order valence-electron chi connectivity index (χ0n) is 10.5. The maximum Gasteiger partial charge on any atom is 0.0971 e. The molecule has 2 nitrogen and oxygen atoms in total. The summed E-state index contributed by atoms with van der Waals surface area (Å²) in [6, 6.07) is 12.6. The van der Waals surface area contributed by atoms with E-state index in [0.717, 1.165) is 18.7 Å². The number of aromatic nitrogens is 1. The predicted octanol–water partition coefficient (Wildman–Crippen LogP) is 3.54. The third-order valence-corrected chi connectivity index (χ3v) is 3.50. The Balaban J connectivity index is 1.99. The molecular formula is C16H17N2. The Morgan fingerprint density at radius 3 is 2.56 bits per heavy atom. The average molecular weight is 237 g/mol. The SMILES string of the molecule is [c]1ncccc1-c1ccccc1N1CCCCC1. The van der Waals surface area contributed by atoms with E-state index < -0.39 is 0 Å². The summed E-state index contributed by atoms with van der Waals surface area (Å²) in [5.74, 6) is 0. The lowest BCUT2D eigenvalue weighted by atomic mass is 10.0. The lowest BCUT2D eigenvalue weighted by Crippen LogP contribution is -2.29. The number of rotatable bonds is 2. The highest BCUT2D eigenvalue weighted by molar-refractivity contribution is 5.77. The van der Waals surface area contributed by atoms with Crippen molar-refractivity contribution in [2.75, 3.05) is 18.0 Å². The van der Waals surface area contributed by atoms with Gasteiger partial charge in [0, 0.05) is 36.1 Å². The van der Waals surface area contributed by atoms with Gasteiger partial charge in [-0.1, -0.05) is 24.3 Å². The smallest absolute Gasteiger partial charge is 0.0971 e. The summed E-state index contributed by atoms with van der Waals surface area (Å²) in [6.07, 6.45) is 8.81. The number of pyridine rings is 1. The van der Waals surface area contributed by atoms with Gasteiger partial charge in [0.05, 0.1) is 6.20 Å². The molecule has 2 aromatic rings. The zero-order valence-corrected chi connectivity index (χ0v) is 10.5. The standard InChI is InChI=1S/C16H17N2/c1-4-11-18(12-5-1)16-9-3-2-8-15(16)14-7-6-10-17-13-14/h2-3,6-10H,1,4-5,11-12H2. The second kappa shape index (κ2) is 5.21. The van der Waals surface area contributed by atoms with Crippen LogP contribution in [0.15, 0.2) is 42.6 Å². The minimum Gasteiger partial charge on any atom is -0.371 e. The van der Waals surface area contributed by atoms with Crippen molar-refractivity contribution < 1.29 is 0 Å². The van der Waals surface area contributed by atoms with Crippen molar-refractivity contribution in [1.82, 2.24) is 4.98 Å². The molecule has 1 aliphatic rings. The van der Waals surface area contributed by atoms with Crippen LogP contribution in [0, 0.1) is 6.20 Å². The van der Waals surface area contributed by atoms with Crippen molar-refractivity contribution in [3.63, 3.8) is 0 Å². The van der Waals surface area contributed by atoms with E-state index in [1.165, 1.54) is 30.5 Å². The normalized spacial score (nSPS) is 15.7.